The van der Waals surface area contributed by atoms with Crippen molar-refractivity contribution in [2.24, 2.45) is 4.99 Å². The number of hydrogen-bond acceptors (Lipinski definition) is 5. The molecule has 156 valence electrons. The molecule has 1 saturated carbocycles. The van der Waals surface area contributed by atoms with Crippen molar-refractivity contribution in [3.63, 3.8) is 0 Å². The maximum Gasteiger partial charge on any atom is 0.178 e. The Hall–Kier alpha value is -2.53. The summed E-state index contributed by atoms with van der Waals surface area (Å²) in [6, 6.07) is 9.47. The number of rotatable bonds is 5. The summed E-state index contributed by atoms with van der Waals surface area (Å²) in [4.78, 5) is 23.7. The Kier molecular flexibility index (Phi) is 5.15. The molecule has 1 saturated heterocycles. The zero-order chi connectivity index (χ0) is 20.7. The minimum absolute atomic E-state index is 0.00701. The smallest absolute Gasteiger partial charge is 0.178 e. The molecule has 2 fully saturated rings. The van der Waals surface area contributed by atoms with Crippen molar-refractivity contribution in [3.8, 4) is 0 Å². The number of aliphatic imine (C=N–C) groups is 1. The van der Waals surface area contributed by atoms with Gasteiger partial charge in [0.05, 0.1) is 6.54 Å². The maximum atomic E-state index is 12.0. The van der Waals surface area contributed by atoms with Crippen molar-refractivity contribution >= 4 is 23.5 Å². The second-order valence-corrected chi connectivity index (χ2v) is 9.02. The first-order valence-corrected chi connectivity index (χ1v) is 11.2. The van der Waals surface area contributed by atoms with Gasteiger partial charge in [-0.1, -0.05) is 6.07 Å². The van der Waals surface area contributed by atoms with E-state index < -0.39 is 0 Å². The number of likely N-dealkylation sites (tertiary alicyclic amines) is 1. The van der Waals surface area contributed by atoms with E-state index in [0.29, 0.717) is 18.2 Å². The van der Waals surface area contributed by atoms with Crippen LogP contribution < -0.4 is 5.32 Å². The molecule has 0 radical (unpaired) electrons. The number of anilines is 2. The van der Waals surface area contributed by atoms with Crippen molar-refractivity contribution < 1.29 is 4.79 Å². The standard InChI is InChI=1S/C25H30N4O/c1-16-13-20(3-6-22(16)18-8-11-29(12-9-18)21-4-5-21)27-25-23-15-26-10-7-19(23)14-24(28-25)17(2)30/h3,6,10,13-14,18,21H,4-5,7-9,11-12,15H2,1-2H3,(H,27,28). The Morgan fingerprint density at radius 2 is 1.93 bits per heavy atom. The topological polar surface area (TPSA) is 57.6 Å². The Bertz CT molecular complexity index is 1000. The number of carbonyl (C=O) groups is 1. The summed E-state index contributed by atoms with van der Waals surface area (Å²) < 4.78 is 0. The van der Waals surface area contributed by atoms with E-state index >= 15 is 0 Å². The van der Waals surface area contributed by atoms with Gasteiger partial charge in [0.15, 0.2) is 5.78 Å². The number of piperidine rings is 1. The fourth-order valence-corrected chi connectivity index (χ4v) is 4.95. The number of ketones is 1. The van der Waals surface area contributed by atoms with Gasteiger partial charge in [0, 0.05) is 36.9 Å². The number of nitrogens with zero attached hydrogens (tertiary/aromatic N) is 3. The van der Waals surface area contributed by atoms with Crippen molar-refractivity contribution in [2.45, 2.75) is 64.5 Å². The highest BCUT2D eigenvalue weighted by atomic mass is 16.1. The van der Waals surface area contributed by atoms with Crippen LogP contribution in [0.4, 0.5) is 11.5 Å². The average molecular weight is 403 g/mol. The predicted octanol–water partition coefficient (Wildman–Crippen LogP) is 4.80. The Balaban J connectivity index is 1.35. The fraction of sp³-hybridized carbons (Fsp3) is 0.480. The third-order valence-electron chi connectivity index (χ3n) is 6.83. The number of aromatic nitrogens is 1. The zero-order valence-electron chi connectivity index (χ0n) is 17.9. The van der Waals surface area contributed by atoms with Crippen LogP contribution in [-0.4, -0.2) is 41.0 Å². The number of nitrogens with one attached hydrogen (secondary N) is 1. The molecule has 5 nitrogen and oxygen atoms in total. The zero-order valence-corrected chi connectivity index (χ0v) is 17.9. The van der Waals surface area contributed by atoms with E-state index in [1.165, 1.54) is 49.9 Å². The van der Waals surface area contributed by atoms with Gasteiger partial charge in [0.1, 0.15) is 11.5 Å². The van der Waals surface area contributed by atoms with Crippen LogP contribution in [0.5, 0.6) is 0 Å². The number of fused-ring (bicyclic) bond motifs is 1. The normalized spacial score (nSPS) is 19.5. The highest BCUT2D eigenvalue weighted by molar-refractivity contribution is 5.93. The van der Waals surface area contributed by atoms with E-state index in [1.54, 1.807) is 6.92 Å². The quantitative estimate of drug-likeness (QED) is 0.730. The molecule has 3 aliphatic rings. The molecular weight excluding hydrogens is 372 g/mol. The molecule has 1 aromatic heterocycles. The molecule has 0 atom stereocenters. The van der Waals surface area contributed by atoms with Crippen molar-refractivity contribution in [2.75, 3.05) is 18.4 Å². The van der Waals surface area contributed by atoms with Crippen LogP contribution in [0.15, 0.2) is 29.3 Å². The van der Waals surface area contributed by atoms with E-state index in [-0.39, 0.29) is 5.78 Å². The third-order valence-corrected chi connectivity index (χ3v) is 6.83. The maximum absolute atomic E-state index is 12.0. The van der Waals surface area contributed by atoms with Crippen molar-refractivity contribution in [3.05, 3.63) is 52.2 Å². The number of carbonyl (C=O) groups excluding carboxylic acids is 1. The van der Waals surface area contributed by atoms with Crippen molar-refractivity contribution in [1.82, 2.24) is 9.88 Å². The van der Waals surface area contributed by atoms with Gasteiger partial charge in [0.25, 0.3) is 0 Å². The van der Waals surface area contributed by atoms with E-state index in [2.05, 4.69) is 45.3 Å². The minimum Gasteiger partial charge on any atom is -0.340 e. The molecular formula is C25H30N4O. The summed E-state index contributed by atoms with van der Waals surface area (Å²) in [5, 5.41) is 3.48. The van der Waals surface area contributed by atoms with Gasteiger partial charge in [-0.15, -0.1) is 0 Å². The summed E-state index contributed by atoms with van der Waals surface area (Å²) >= 11 is 0. The number of hydrogen-bond donors (Lipinski definition) is 1. The molecule has 0 amide bonds. The van der Waals surface area contributed by atoms with Gasteiger partial charge in [-0.2, -0.15) is 0 Å². The van der Waals surface area contributed by atoms with Gasteiger partial charge in [-0.25, -0.2) is 4.98 Å². The first-order chi connectivity index (χ1) is 14.6. The van der Waals surface area contributed by atoms with Crippen molar-refractivity contribution in [1.29, 1.82) is 0 Å². The molecule has 0 bridgehead atoms. The predicted molar refractivity (Wildman–Crippen MR) is 121 cm³/mol. The third kappa shape index (κ3) is 3.91. The van der Waals surface area contributed by atoms with Gasteiger partial charge in [-0.3, -0.25) is 9.79 Å². The molecule has 2 aromatic rings. The Labute approximate surface area is 178 Å². The molecule has 30 heavy (non-hydrogen) atoms. The highest BCUT2D eigenvalue weighted by Crippen LogP contribution is 2.36. The Morgan fingerprint density at radius 1 is 1.13 bits per heavy atom. The van der Waals surface area contributed by atoms with Gasteiger partial charge in [0.2, 0.25) is 0 Å². The molecule has 5 rings (SSSR count). The van der Waals surface area contributed by atoms with E-state index in [1.807, 2.05) is 12.3 Å². The fourth-order valence-electron chi connectivity index (χ4n) is 4.95. The number of pyridine rings is 1. The molecule has 1 N–H and O–H groups in total. The number of aryl methyl sites for hydroxylation is 1. The average Bonchev–Trinajstić information content (AvgIpc) is 3.59. The molecule has 1 aromatic carbocycles. The first-order valence-electron chi connectivity index (χ1n) is 11.2. The lowest BCUT2D eigenvalue weighted by Gasteiger charge is -2.33. The van der Waals surface area contributed by atoms with E-state index in [0.717, 1.165) is 35.1 Å². The van der Waals surface area contributed by atoms with Crippen LogP contribution in [0, 0.1) is 6.92 Å². The molecule has 3 heterocycles. The summed E-state index contributed by atoms with van der Waals surface area (Å²) in [7, 11) is 0. The highest BCUT2D eigenvalue weighted by Gasteiger charge is 2.32. The van der Waals surface area contributed by atoms with Gasteiger partial charge >= 0.3 is 0 Å². The molecule has 0 unspecified atom stereocenters. The number of Topliss-reactive ketones (excluding diaryl/α,β-unsaturated/α-hetero) is 1. The van der Waals surface area contributed by atoms with Crippen LogP contribution in [0.3, 0.4) is 0 Å². The first kappa shape index (κ1) is 19.4. The monoisotopic (exact) mass is 402 g/mol. The van der Waals surface area contributed by atoms with Crippen LogP contribution in [0.25, 0.3) is 0 Å². The lowest BCUT2D eigenvalue weighted by molar-refractivity contribution is 0.101. The summed E-state index contributed by atoms with van der Waals surface area (Å²) in [5.41, 5.74) is 6.59. The van der Waals surface area contributed by atoms with Crippen LogP contribution in [0.2, 0.25) is 0 Å². The second kappa shape index (κ2) is 7.95. The lowest BCUT2D eigenvalue weighted by atomic mass is 9.86. The van der Waals surface area contributed by atoms with Crippen LogP contribution in [-0.2, 0) is 13.0 Å². The van der Waals surface area contributed by atoms with Gasteiger partial charge in [-0.05, 0) is 86.5 Å². The molecule has 2 aliphatic heterocycles. The lowest BCUT2D eigenvalue weighted by Crippen LogP contribution is -2.34. The SMILES string of the molecule is CC(=O)c1cc2c(c(Nc3ccc(C4CCN(C5CC5)CC4)c(C)c3)n1)CN=CC2. The van der Waals surface area contributed by atoms with Gasteiger partial charge < -0.3 is 10.2 Å². The molecule has 0 spiro atoms. The number of benzene rings is 1. The summed E-state index contributed by atoms with van der Waals surface area (Å²) in [6.45, 7) is 6.88. The molecule has 1 aliphatic carbocycles. The van der Waals surface area contributed by atoms with E-state index in [4.69, 9.17) is 0 Å². The minimum atomic E-state index is -0.00701. The van der Waals surface area contributed by atoms with Crippen LogP contribution >= 0.6 is 0 Å². The Morgan fingerprint density at radius 3 is 2.63 bits per heavy atom. The van der Waals surface area contributed by atoms with Crippen LogP contribution in [0.1, 0.15) is 71.3 Å². The second-order valence-electron chi connectivity index (χ2n) is 9.02. The largest absolute Gasteiger partial charge is 0.340 e. The molecule has 5 heteroatoms. The summed E-state index contributed by atoms with van der Waals surface area (Å²) in [6.07, 6.45) is 8.00. The van der Waals surface area contributed by atoms with E-state index in [9.17, 15) is 4.79 Å². The summed E-state index contributed by atoms with van der Waals surface area (Å²) in [5.74, 6) is 1.42.